The van der Waals surface area contributed by atoms with E-state index in [1.54, 1.807) is 6.20 Å². The molecule has 1 rings (SSSR count). The Kier molecular flexibility index (Phi) is 3.63. The van der Waals surface area contributed by atoms with E-state index in [-0.39, 0.29) is 6.04 Å². The molecule has 0 aliphatic heterocycles. The molecular weight excluding hydrogens is 228 g/mol. The highest BCUT2D eigenvalue weighted by molar-refractivity contribution is 9.10. The molecule has 0 radical (unpaired) electrons. The first kappa shape index (κ1) is 10.4. The number of rotatable bonds is 3. The van der Waals surface area contributed by atoms with Gasteiger partial charge in [0.15, 0.2) is 0 Å². The van der Waals surface area contributed by atoms with E-state index in [2.05, 4.69) is 27.5 Å². The van der Waals surface area contributed by atoms with Gasteiger partial charge in [-0.05, 0) is 40.9 Å². The van der Waals surface area contributed by atoms with E-state index in [1.807, 2.05) is 19.1 Å². The average molecular weight is 241 g/mol. The lowest BCUT2D eigenvalue weighted by Crippen LogP contribution is -2.11. The summed E-state index contributed by atoms with van der Waals surface area (Å²) in [4.78, 5) is 4.24. The van der Waals surface area contributed by atoms with Gasteiger partial charge in [-0.25, -0.2) is 0 Å². The van der Waals surface area contributed by atoms with Crippen molar-refractivity contribution in [3.63, 3.8) is 0 Å². The van der Waals surface area contributed by atoms with Crippen molar-refractivity contribution in [2.24, 2.45) is 5.73 Å². The van der Waals surface area contributed by atoms with Crippen LogP contribution in [0.3, 0.4) is 0 Å². The van der Waals surface area contributed by atoms with E-state index in [0.717, 1.165) is 22.2 Å². The van der Waals surface area contributed by atoms with Gasteiger partial charge in [-0.1, -0.05) is 6.08 Å². The predicted molar refractivity (Wildman–Crippen MR) is 58.4 cm³/mol. The molecule has 0 unspecified atom stereocenters. The molecule has 1 aromatic heterocycles. The second-order valence-electron chi connectivity index (χ2n) is 2.99. The van der Waals surface area contributed by atoms with E-state index in [9.17, 15) is 0 Å². The van der Waals surface area contributed by atoms with Gasteiger partial charge in [0.2, 0.25) is 0 Å². The molecule has 70 valence electrons. The summed E-state index contributed by atoms with van der Waals surface area (Å²) in [5.74, 6) is 0. The van der Waals surface area contributed by atoms with Crippen LogP contribution in [0.2, 0.25) is 0 Å². The molecule has 0 spiro atoms. The molecule has 2 N–H and O–H groups in total. The van der Waals surface area contributed by atoms with E-state index in [4.69, 9.17) is 5.73 Å². The molecule has 1 heterocycles. The van der Waals surface area contributed by atoms with Gasteiger partial charge in [0.25, 0.3) is 0 Å². The van der Waals surface area contributed by atoms with Crippen LogP contribution >= 0.6 is 15.9 Å². The molecule has 0 aliphatic rings. The molecule has 0 saturated heterocycles. The van der Waals surface area contributed by atoms with Crippen molar-refractivity contribution in [2.75, 3.05) is 0 Å². The van der Waals surface area contributed by atoms with Crippen LogP contribution in [0.15, 0.2) is 29.4 Å². The number of halogens is 1. The van der Waals surface area contributed by atoms with Gasteiger partial charge < -0.3 is 5.73 Å². The summed E-state index contributed by atoms with van der Waals surface area (Å²) in [5, 5.41) is 0. The number of aromatic nitrogens is 1. The lowest BCUT2D eigenvalue weighted by Gasteiger charge is -2.09. The van der Waals surface area contributed by atoms with Crippen LogP contribution in [0.4, 0.5) is 0 Å². The zero-order valence-electron chi connectivity index (χ0n) is 7.63. The van der Waals surface area contributed by atoms with Crippen LogP contribution in [0, 0.1) is 6.92 Å². The zero-order chi connectivity index (χ0) is 9.84. The summed E-state index contributed by atoms with van der Waals surface area (Å²) in [7, 11) is 0. The van der Waals surface area contributed by atoms with Crippen molar-refractivity contribution >= 4 is 15.9 Å². The largest absolute Gasteiger partial charge is 0.322 e. The summed E-state index contributed by atoms with van der Waals surface area (Å²) in [6.45, 7) is 5.67. The van der Waals surface area contributed by atoms with E-state index in [1.165, 1.54) is 0 Å². The third-order valence-corrected chi connectivity index (χ3v) is 2.70. The van der Waals surface area contributed by atoms with Crippen LogP contribution < -0.4 is 5.73 Å². The summed E-state index contributed by atoms with van der Waals surface area (Å²) in [6, 6.07) is 1.96. The lowest BCUT2D eigenvalue weighted by molar-refractivity contribution is 0.712. The van der Waals surface area contributed by atoms with E-state index >= 15 is 0 Å². The minimum atomic E-state index is -0.0377. The monoisotopic (exact) mass is 240 g/mol. The maximum absolute atomic E-state index is 5.88. The van der Waals surface area contributed by atoms with Gasteiger partial charge in [0.05, 0.1) is 11.7 Å². The number of nitrogens with zero attached hydrogens (tertiary/aromatic N) is 1. The molecule has 0 aliphatic carbocycles. The van der Waals surface area contributed by atoms with E-state index in [0.29, 0.717) is 0 Å². The second kappa shape index (κ2) is 4.53. The van der Waals surface area contributed by atoms with Crippen LogP contribution in [0.1, 0.15) is 23.7 Å². The number of aryl methyl sites for hydroxylation is 1. The molecule has 0 amide bonds. The molecule has 2 nitrogen and oxygen atoms in total. The highest BCUT2D eigenvalue weighted by atomic mass is 79.9. The topological polar surface area (TPSA) is 38.9 Å². The maximum Gasteiger partial charge on any atom is 0.0577 e. The third kappa shape index (κ3) is 2.64. The summed E-state index contributed by atoms with van der Waals surface area (Å²) >= 11 is 3.39. The van der Waals surface area contributed by atoms with Gasteiger partial charge in [-0.3, -0.25) is 4.98 Å². The van der Waals surface area contributed by atoms with Crippen LogP contribution in [-0.2, 0) is 0 Å². The molecule has 1 atom stereocenters. The van der Waals surface area contributed by atoms with Crippen molar-refractivity contribution in [2.45, 2.75) is 19.4 Å². The molecule has 1 aromatic rings. The normalized spacial score (nSPS) is 12.5. The highest BCUT2D eigenvalue weighted by Gasteiger charge is 2.06. The van der Waals surface area contributed by atoms with E-state index < -0.39 is 0 Å². The van der Waals surface area contributed by atoms with Crippen molar-refractivity contribution in [1.29, 1.82) is 0 Å². The smallest absolute Gasteiger partial charge is 0.0577 e. The Bertz CT molecular complexity index is 310. The van der Waals surface area contributed by atoms with Gasteiger partial charge in [-0.15, -0.1) is 6.58 Å². The van der Waals surface area contributed by atoms with Crippen molar-refractivity contribution in [1.82, 2.24) is 4.98 Å². The number of hydrogen-bond donors (Lipinski definition) is 1. The van der Waals surface area contributed by atoms with Gasteiger partial charge in [0, 0.05) is 10.7 Å². The first-order chi connectivity index (χ1) is 6.15. The number of nitrogens with two attached hydrogens (primary N) is 1. The second-order valence-corrected chi connectivity index (χ2v) is 3.84. The predicted octanol–water partition coefficient (Wildman–Crippen LogP) is 2.73. The highest BCUT2D eigenvalue weighted by Crippen LogP contribution is 2.19. The molecule has 0 saturated carbocycles. The number of pyridine rings is 1. The Hall–Kier alpha value is -0.670. The molecule has 0 bridgehead atoms. The SMILES string of the molecule is C=CC[C@@H](N)c1cc(C)c(Br)cn1. The zero-order valence-corrected chi connectivity index (χ0v) is 9.21. The summed E-state index contributed by atoms with van der Waals surface area (Å²) in [5.41, 5.74) is 7.95. The molecule has 13 heavy (non-hydrogen) atoms. The molecular formula is C10H13BrN2. The van der Waals surface area contributed by atoms with Crippen molar-refractivity contribution in [3.05, 3.63) is 40.6 Å². The Morgan fingerprint density at radius 2 is 2.46 bits per heavy atom. The Balaban J connectivity index is 2.89. The van der Waals surface area contributed by atoms with Crippen LogP contribution in [-0.4, -0.2) is 4.98 Å². The summed E-state index contributed by atoms with van der Waals surface area (Å²) < 4.78 is 1.02. The molecule has 3 heteroatoms. The quantitative estimate of drug-likeness (QED) is 0.826. The van der Waals surface area contributed by atoms with Gasteiger partial charge >= 0.3 is 0 Å². The van der Waals surface area contributed by atoms with Gasteiger partial charge in [-0.2, -0.15) is 0 Å². The first-order valence-corrected chi connectivity index (χ1v) is 4.93. The van der Waals surface area contributed by atoms with Crippen LogP contribution in [0.5, 0.6) is 0 Å². The third-order valence-electron chi connectivity index (χ3n) is 1.87. The van der Waals surface area contributed by atoms with Crippen molar-refractivity contribution in [3.8, 4) is 0 Å². The standard InChI is InChI=1S/C10H13BrN2/c1-3-4-9(12)10-5-7(2)8(11)6-13-10/h3,5-6,9H,1,4,12H2,2H3/t9-/m1/s1. The Morgan fingerprint density at radius 1 is 1.77 bits per heavy atom. The maximum atomic E-state index is 5.88. The number of hydrogen-bond acceptors (Lipinski definition) is 2. The Morgan fingerprint density at radius 3 is 3.00 bits per heavy atom. The van der Waals surface area contributed by atoms with Crippen LogP contribution in [0.25, 0.3) is 0 Å². The molecule has 0 aromatic carbocycles. The first-order valence-electron chi connectivity index (χ1n) is 4.13. The minimum Gasteiger partial charge on any atom is -0.322 e. The van der Waals surface area contributed by atoms with Gasteiger partial charge in [0.1, 0.15) is 0 Å². The Labute approximate surface area is 87.0 Å². The lowest BCUT2D eigenvalue weighted by atomic mass is 10.1. The molecule has 0 fully saturated rings. The summed E-state index contributed by atoms with van der Waals surface area (Å²) in [6.07, 6.45) is 4.35. The fraction of sp³-hybridized carbons (Fsp3) is 0.300. The average Bonchev–Trinajstić information content (AvgIpc) is 2.10. The fourth-order valence-electron chi connectivity index (χ4n) is 1.06. The minimum absolute atomic E-state index is 0.0377. The van der Waals surface area contributed by atoms with Crippen molar-refractivity contribution < 1.29 is 0 Å². The fourth-order valence-corrected chi connectivity index (χ4v) is 1.28.